The first-order valence-electron chi connectivity index (χ1n) is 3.45. The summed E-state index contributed by atoms with van der Waals surface area (Å²) in [5, 5.41) is 0.330. The average molecular weight is 214 g/mol. The molecule has 0 fully saturated rings. The number of hydrogen-bond acceptors (Lipinski definition) is 0. The van der Waals surface area contributed by atoms with Crippen molar-refractivity contribution in [2.24, 2.45) is 0 Å². The van der Waals surface area contributed by atoms with Gasteiger partial charge in [0.25, 0.3) is 0 Å². The van der Waals surface area contributed by atoms with E-state index in [-0.39, 0.29) is 0 Å². The Labute approximate surface area is 71.1 Å². The minimum Gasteiger partial charge on any atom is -0.123 e. The minimum absolute atomic E-state index is 0.330. The van der Waals surface area contributed by atoms with E-state index in [9.17, 15) is 0 Å². The van der Waals surface area contributed by atoms with Crippen molar-refractivity contribution in [1.29, 1.82) is 0 Å². The van der Waals surface area contributed by atoms with Gasteiger partial charge in [-0.2, -0.15) is 0 Å². The lowest BCUT2D eigenvalue weighted by molar-refractivity contribution is 0.682. The maximum atomic E-state index is 5.76. The molecule has 0 radical (unpaired) electrons. The van der Waals surface area contributed by atoms with Crippen LogP contribution in [0.25, 0.3) is 0 Å². The molecular formula is C7H14BrCl. The van der Waals surface area contributed by atoms with Gasteiger partial charge in [-0.1, -0.05) is 22.9 Å². The molecule has 2 heteroatoms. The molecule has 0 aliphatic carbocycles. The fourth-order valence-electron chi connectivity index (χ4n) is 0.615. The van der Waals surface area contributed by atoms with Gasteiger partial charge in [-0.05, 0) is 26.2 Å². The maximum absolute atomic E-state index is 5.76. The van der Waals surface area contributed by atoms with Crippen LogP contribution < -0.4 is 0 Å². The van der Waals surface area contributed by atoms with Gasteiger partial charge in [-0.3, -0.25) is 0 Å². The quantitative estimate of drug-likeness (QED) is 0.627. The molecule has 0 aliphatic heterocycles. The van der Waals surface area contributed by atoms with Crippen LogP contribution in [-0.2, 0) is 0 Å². The highest BCUT2D eigenvalue weighted by Crippen LogP contribution is 2.14. The third-order valence-corrected chi connectivity index (χ3v) is 2.64. The summed E-state index contributed by atoms with van der Waals surface area (Å²) in [6, 6.07) is 0. The molecule has 0 aliphatic rings. The van der Waals surface area contributed by atoms with Gasteiger partial charge in [0.1, 0.15) is 0 Å². The number of alkyl halides is 2. The van der Waals surface area contributed by atoms with Crippen LogP contribution in [0.15, 0.2) is 0 Å². The molecule has 2 atom stereocenters. The molecule has 0 nitrogen and oxygen atoms in total. The van der Waals surface area contributed by atoms with E-state index >= 15 is 0 Å². The highest BCUT2D eigenvalue weighted by atomic mass is 79.9. The van der Waals surface area contributed by atoms with Crippen LogP contribution in [0, 0.1) is 0 Å². The molecule has 56 valence electrons. The SMILES string of the molecule is CCC(Br)CCC(C)Cl. The van der Waals surface area contributed by atoms with Crippen molar-refractivity contribution in [1.82, 2.24) is 0 Å². The van der Waals surface area contributed by atoms with E-state index in [1.807, 2.05) is 6.92 Å². The molecule has 0 heterocycles. The first kappa shape index (κ1) is 9.77. The Balaban J connectivity index is 3.06. The van der Waals surface area contributed by atoms with Crippen LogP contribution in [0.4, 0.5) is 0 Å². The van der Waals surface area contributed by atoms with Crippen molar-refractivity contribution < 1.29 is 0 Å². The molecule has 0 aromatic heterocycles. The van der Waals surface area contributed by atoms with E-state index in [2.05, 4.69) is 22.9 Å². The van der Waals surface area contributed by atoms with Crippen molar-refractivity contribution in [3.63, 3.8) is 0 Å². The van der Waals surface area contributed by atoms with Gasteiger partial charge in [0.2, 0.25) is 0 Å². The lowest BCUT2D eigenvalue weighted by atomic mass is 10.2. The zero-order valence-corrected chi connectivity index (χ0v) is 8.37. The van der Waals surface area contributed by atoms with Crippen LogP contribution in [0.3, 0.4) is 0 Å². The Morgan fingerprint density at radius 3 is 2.33 bits per heavy atom. The molecule has 0 saturated heterocycles. The Kier molecular flexibility index (Phi) is 6.02. The van der Waals surface area contributed by atoms with Gasteiger partial charge in [-0.15, -0.1) is 11.6 Å². The molecule has 9 heavy (non-hydrogen) atoms. The van der Waals surface area contributed by atoms with Crippen molar-refractivity contribution in [2.75, 3.05) is 0 Å². The number of rotatable bonds is 4. The summed E-state index contributed by atoms with van der Waals surface area (Å²) in [5.74, 6) is 0. The van der Waals surface area contributed by atoms with Crippen LogP contribution in [0.5, 0.6) is 0 Å². The lowest BCUT2D eigenvalue weighted by Gasteiger charge is -2.06. The molecule has 0 spiro atoms. The second kappa shape index (κ2) is 5.55. The Bertz CT molecular complexity index is 63.9. The van der Waals surface area contributed by atoms with Crippen LogP contribution in [0.2, 0.25) is 0 Å². The second-order valence-electron chi connectivity index (χ2n) is 2.36. The monoisotopic (exact) mass is 212 g/mol. The molecule has 0 bridgehead atoms. The minimum atomic E-state index is 0.330. The van der Waals surface area contributed by atoms with Gasteiger partial charge < -0.3 is 0 Å². The second-order valence-corrected chi connectivity index (χ2v) is 4.40. The summed E-state index contributed by atoms with van der Waals surface area (Å²) in [5.41, 5.74) is 0. The van der Waals surface area contributed by atoms with E-state index < -0.39 is 0 Å². The summed E-state index contributed by atoms with van der Waals surface area (Å²) in [4.78, 5) is 0.665. The fourth-order valence-corrected chi connectivity index (χ4v) is 1.00. The molecule has 0 aromatic rings. The molecule has 0 N–H and O–H groups in total. The fraction of sp³-hybridized carbons (Fsp3) is 1.00. The van der Waals surface area contributed by atoms with E-state index in [0.29, 0.717) is 10.2 Å². The van der Waals surface area contributed by atoms with Gasteiger partial charge in [0, 0.05) is 10.2 Å². The molecule has 0 amide bonds. The first-order valence-corrected chi connectivity index (χ1v) is 4.80. The largest absolute Gasteiger partial charge is 0.123 e. The predicted octanol–water partition coefficient (Wildman–Crippen LogP) is 3.57. The summed E-state index contributed by atoms with van der Waals surface area (Å²) in [7, 11) is 0. The lowest BCUT2D eigenvalue weighted by Crippen LogP contribution is -1.99. The first-order chi connectivity index (χ1) is 4.16. The van der Waals surface area contributed by atoms with Crippen LogP contribution in [-0.4, -0.2) is 10.2 Å². The van der Waals surface area contributed by atoms with Gasteiger partial charge in [-0.25, -0.2) is 0 Å². The average Bonchev–Trinajstić information content (AvgIpc) is 1.83. The highest BCUT2D eigenvalue weighted by molar-refractivity contribution is 9.09. The van der Waals surface area contributed by atoms with Gasteiger partial charge in [0.15, 0.2) is 0 Å². The Hall–Kier alpha value is 0.770. The normalized spacial score (nSPS) is 17.3. The third-order valence-electron chi connectivity index (χ3n) is 1.32. The van der Waals surface area contributed by atoms with Crippen LogP contribution in [0.1, 0.15) is 33.1 Å². The smallest absolute Gasteiger partial charge is 0.0308 e. The van der Waals surface area contributed by atoms with Crippen molar-refractivity contribution >= 4 is 27.5 Å². The molecular weight excluding hydrogens is 199 g/mol. The summed E-state index contributed by atoms with van der Waals surface area (Å²) in [6.07, 6.45) is 3.51. The molecule has 0 aromatic carbocycles. The van der Waals surface area contributed by atoms with E-state index in [1.165, 1.54) is 12.8 Å². The van der Waals surface area contributed by atoms with Crippen LogP contribution >= 0.6 is 27.5 Å². The highest BCUT2D eigenvalue weighted by Gasteiger charge is 2.02. The summed E-state index contributed by atoms with van der Waals surface area (Å²) >= 11 is 9.30. The predicted molar refractivity (Wildman–Crippen MR) is 47.6 cm³/mol. The number of hydrogen-bond donors (Lipinski definition) is 0. The molecule has 0 rings (SSSR count). The van der Waals surface area contributed by atoms with E-state index in [4.69, 9.17) is 11.6 Å². The topological polar surface area (TPSA) is 0 Å². The molecule has 2 unspecified atom stereocenters. The van der Waals surface area contributed by atoms with Crippen molar-refractivity contribution in [3.05, 3.63) is 0 Å². The third kappa shape index (κ3) is 6.66. The van der Waals surface area contributed by atoms with E-state index in [0.717, 1.165) is 6.42 Å². The Morgan fingerprint density at radius 2 is 2.00 bits per heavy atom. The molecule has 0 saturated carbocycles. The zero-order chi connectivity index (χ0) is 7.28. The van der Waals surface area contributed by atoms with Gasteiger partial charge >= 0.3 is 0 Å². The number of halogens is 2. The van der Waals surface area contributed by atoms with Crippen molar-refractivity contribution in [2.45, 2.75) is 43.3 Å². The summed E-state index contributed by atoms with van der Waals surface area (Å²) in [6.45, 7) is 4.22. The van der Waals surface area contributed by atoms with Gasteiger partial charge in [0.05, 0.1) is 0 Å². The maximum Gasteiger partial charge on any atom is 0.0308 e. The van der Waals surface area contributed by atoms with E-state index in [1.54, 1.807) is 0 Å². The Morgan fingerprint density at radius 1 is 1.44 bits per heavy atom. The summed E-state index contributed by atoms with van der Waals surface area (Å²) < 4.78 is 0. The van der Waals surface area contributed by atoms with Crippen molar-refractivity contribution in [3.8, 4) is 0 Å². The standard InChI is InChI=1S/C7H14BrCl/c1-3-7(8)5-4-6(2)9/h6-7H,3-5H2,1-2H3. The zero-order valence-electron chi connectivity index (χ0n) is 6.03.